The predicted octanol–water partition coefficient (Wildman–Crippen LogP) is 4.83. The highest BCUT2D eigenvalue weighted by Crippen LogP contribution is 2.40. The Morgan fingerprint density at radius 3 is 2.57 bits per heavy atom. The van der Waals surface area contributed by atoms with Gasteiger partial charge >= 0.3 is 0 Å². The van der Waals surface area contributed by atoms with Crippen molar-refractivity contribution in [1.29, 1.82) is 0 Å². The molecule has 0 aliphatic heterocycles. The van der Waals surface area contributed by atoms with Gasteiger partial charge in [-0.1, -0.05) is 30.3 Å². The van der Waals surface area contributed by atoms with E-state index in [2.05, 4.69) is 0 Å². The molecule has 2 aromatic heterocycles. The maximum Gasteiger partial charge on any atom is 0.155 e. The molecule has 0 fully saturated rings. The van der Waals surface area contributed by atoms with Crippen LogP contribution in [0.1, 0.15) is 10.4 Å². The fourth-order valence-electron chi connectivity index (χ4n) is 2.63. The molecular formula is C17H10O3S. The summed E-state index contributed by atoms with van der Waals surface area (Å²) in [6, 6.07) is 12.9. The van der Waals surface area contributed by atoms with Crippen molar-refractivity contribution in [1.82, 2.24) is 0 Å². The number of phenols is 1. The molecule has 0 atom stereocenters. The molecule has 2 heterocycles. The summed E-state index contributed by atoms with van der Waals surface area (Å²) < 4.78 is 5.97. The first-order chi connectivity index (χ1) is 10.3. The van der Waals surface area contributed by atoms with Crippen LogP contribution in [0.25, 0.3) is 32.4 Å². The molecule has 3 nitrogen and oxygen atoms in total. The number of aromatic hydroxyl groups is 1. The van der Waals surface area contributed by atoms with Crippen molar-refractivity contribution < 1.29 is 14.3 Å². The quantitative estimate of drug-likeness (QED) is 0.538. The summed E-state index contributed by atoms with van der Waals surface area (Å²) in [6.07, 6.45) is 0.787. The Morgan fingerprint density at radius 1 is 1.05 bits per heavy atom. The van der Waals surface area contributed by atoms with Crippen molar-refractivity contribution in [3.05, 3.63) is 53.4 Å². The van der Waals surface area contributed by atoms with Crippen LogP contribution in [-0.2, 0) is 0 Å². The fraction of sp³-hybridized carbons (Fsp3) is 0. The summed E-state index contributed by atoms with van der Waals surface area (Å²) in [5.74, 6) is 0.713. The van der Waals surface area contributed by atoms with Crippen LogP contribution in [0.15, 0.2) is 52.3 Å². The van der Waals surface area contributed by atoms with E-state index in [4.69, 9.17) is 4.42 Å². The first kappa shape index (κ1) is 12.2. The van der Waals surface area contributed by atoms with Gasteiger partial charge in [0.2, 0.25) is 0 Å². The van der Waals surface area contributed by atoms with Gasteiger partial charge in [0, 0.05) is 16.2 Å². The van der Waals surface area contributed by atoms with Gasteiger partial charge < -0.3 is 9.52 Å². The number of hydrogen-bond acceptors (Lipinski definition) is 4. The SMILES string of the molecule is O=Cc1c(-c2cccs2)oc2c1cc(O)c1ccccc12. The van der Waals surface area contributed by atoms with Gasteiger partial charge in [-0.25, -0.2) is 0 Å². The van der Waals surface area contributed by atoms with Gasteiger partial charge in [-0.2, -0.15) is 0 Å². The molecule has 0 bridgehead atoms. The van der Waals surface area contributed by atoms with E-state index in [1.165, 1.54) is 11.3 Å². The summed E-state index contributed by atoms with van der Waals surface area (Å²) in [5.41, 5.74) is 1.11. The van der Waals surface area contributed by atoms with Crippen molar-refractivity contribution in [2.24, 2.45) is 0 Å². The fourth-order valence-corrected chi connectivity index (χ4v) is 3.35. The molecule has 0 aliphatic carbocycles. The average molecular weight is 294 g/mol. The van der Waals surface area contributed by atoms with Crippen molar-refractivity contribution in [3.8, 4) is 16.4 Å². The van der Waals surface area contributed by atoms with Crippen LogP contribution in [0.5, 0.6) is 5.75 Å². The Morgan fingerprint density at radius 2 is 1.86 bits per heavy atom. The number of thiophene rings is 1. The van der Waals surface area contributed by atoms with Crippen molar-refractivity contribution in [2.45, 2.75) is 0 Å². The molecular weight excluding hydrogens is 284 g/mol. The lowest BCUT2D eigenvalue weighted by Crippen LogP contribution is -1.81. The van der Waals surface area contributed by atoms with E-state index in [-0.39, 0.29) is 5.75 Å². The number of furan rings is 1. The molecule has 4 heteroatoms. The Kier molecular flexibility index (Phi) is 2.59. The second-order valence-electron chi connectivity index (χ2n) is 4.76. The third-order valence-electron chi connectivity index (χ3n) is 3.58. The Labute approximate surface area is 124 Å². The van der Waals surface area contributed by atoms with E-state index in [1.807, 2.05) is 41.8 Å². The molecule has 4 aromatic rings. The molecule has 0 aliphatic rings. The van der Waals surface area contributed by atoms with Crippen LogP contribution < -0.4 is 0 Å². The van der Waals surface area contributed by atoms with E-state index in [9.17, 15) is 9.90 Å². The molecule has 0 spiro atoms. The van der Waals surface area contributed by atoms with Gasteiger partial charge in [-0.3, -0.25) is 4.79 Å². The van der Waals surface area contributed by atoms with Crippen molar-refractivity contribution in [2.75, 3.05) is 0 Å². The van der Waals surface area contributed by atoms with E-state index in [0.717, 1.165) is 16.5 Å². The lowest BCUT2D eigenvalue weighted by atomic mass is 10.0. The summed E-state index contributed by atoms with van der Waals surface area (Å²) in [4.78, 5) is 12.4. The summed E-state index contributed by atoms with van der Waals surface area (Å²) in [6.45, 7) is 0. The van der Waals surface area contributed by atoms with E-state index < -0.39 is 0 Å². The standard InChI is InChI=1S/C17H10O3S/c18-9-13-12-8-14(19)10-4-1-2-5-11(10)16(12)20-17(13)15-6-3-7-21-15/h1-9,19H. The Hall–Kier alpha value is -2.59. The van der Waals surface area contributed by atoms with Crippen LogP contribution in [0, 0.1) is 0 Å². The van der Waals surface area contributed by atoms with E-state index >= 15 is 0 Å². The van der Waals surface area contributed by atoms with Crippen LogP contribution in [0.4, 0.5) is 0 Å². The largest absolute Gasteiger partial charge is 0.507 e. The van der Waals surface area contributed by atoms with Gasteiger partial charge in [0.25, 0.3) is 0 Å². The number of carbonyl (C=O) groups is 1. The van der Waals surface area contributed by atoms with Crippen molar-refractivity contribution in [3.63, 3.8) is 0 Å². The molecule has 4 rings (SSSR count). The van der Waals surface area contributed by atoms with Crippen LogP contribution in [-0.4, -0.2) is 11.4 Å². The molecule has 102 valence electrons. The molecule has 0 saturated carbocycles. The highest BCUT2D eigenvalue weighted by Gasteiger charge is 2.19. The van der Waals surface area contributed by atoms with Gasteiger partial charge in [0.15, 0.2) is 12.0 Å². The molecule has 0 radical (unpaired) electrons. The topological polar surface area (TPSA) is 50.4 Å². The number of carbonyl (C=O) groups excluding carboxylic acids is 1. The highest BCUT2D eigenvalue weighted by molar-refractivity contribution is 7.13. The third-order valence-corrected chi connectivity index (χ3v) is 4.44. The number of benzene rings is 2. The zero-order valence-corrected chi connectivity index (χ0v) is 11.7. The minimum absolute atomic E-state index is 0.153. The van der Waals surface area contributed by atoms with E-state index in [0.29, 0.717) is 27.7 Å². The van der Waals surface area contributed by atoms with Crippen LogP contribution >= 0.6 is 11.3 Å². The highest BCUT2D eigenvalue weighted by atomic mass is 32.1. The lowest BCUT2D eigenvalue weighted by molar-refractivity contribution is 0.112. The third kappa shape index (κ3) is 1.69. The molecule has 1 N–H and O–H groups in total. The summed E-state index contributed by atoms with van der Waals surface area (Å²) in [7, 11) is 0. The van der Waals surface area contributed by atoms with Crippen LogP contribution in [0.3, 0.4) is 0 Å². The maximum absolute atomic E-state index is 11.5. The monoisotopic (exact) mass is 294 g/mol. The molecule has 0 saturated heterocycles. The molecule has 21 heavy (non-hydrogen) atoms. The maximum atomic E-state index is 11.5. The first-order valence-corrected chi connectivity index (χ1v) is 7.34. The normalized spacial score (nSPS) is 11.2. The smallest absolute Gasteiger partial charge is 0.155 e. The Bertz CT molecular complexity index is 965. The van der Waals surface area contributed by atoms with Crippen LogP contribution in [0.2, 0.25) is 0 Å². The van der Waals surface area contributed by atoms with Gasteiger partial charge in [-0.05, 0) is 17.5 Å². The number of fused-ring (bicyclic) bond motifs is 3. The van der Waals surface area contributed by atoms with Crippen molar-refractivity contribution >= 4 is 39.4 Å². The zero-order valence-electron chi connectivity index (χ0n) is 10.9. The predicted molar refractivity (Wildman–Crippen MR) is 84.1 cm³/mol. The zero-order chi connectivity index (χ0) is 14.4. The minimum Gasteiger partial charge on any atom is -0.507 e. The number of rotatable bonds is 2. The molecule has 2 aromatic carbocycles. The summed E-state index contributed by atoms with van der Waals surface area (Å²) >= 11 is 1.52. The lowest BCUT2D eigenvalue weighted by Gasteiger charge is -2.01. The first-order valence-electron chi connectivity index (χ1n) is 6.46. The Balaban J connectivity index is 2.20. The average Bonchev–Trinajstić information content (AvgIpc) is 3.14. The number of phenolic OH excluding ortho intramolecular Hbond substituents is 1. The second kappa shape index (κ2) is 4.46. The van der Waals surface area contributed by atoms with Gasteiger partial charge in [0.05, 0.1) is 10.4 Å². The molecule has 0 amide bonds. The second-order valence-corrected chi connectivity index (χ2v) is 5.71. The van der Waals surface area contributed by atoms with Gasteiger partial charge in [0.1, 0.15) is 11.3 Å². The molecule has 0 unspecified atom stereocenters. The summed E-state index contributed by atoms with van der Waals surface area (Å²) in [5, 5.41) is 14.3. The number of hydrogen-bond donors (Lipinski definition) is 1. The minimum atomic E-state index is 0.153. The number of aldehydes is 1. The van der Waals surface area contributed by atoms with E-state index in [1.54, 1.807) is 6.07 Å². The van der Waals surface area contributed by atoms with Gasteiger partial charge in [-0.15, -0.1) is 11.3 Å².